The van der Waals surface area contributed by atoms with Crippen molar-refractivity contribution in [1.29, 1.82) is 0 Å². The number of unbranched alkanes of at least 4 members (excludes halogenated alkanes) is 10. The first-order valence-electron chi connectivity index (χ1n) is 20.6. The molecule has 0 radical (unpaired) electrons. The monoisotopic (exact) mass is 792 g/mol. The number of carbonyl (C=O) groups is 2. The summed E-state index contributed by atoms with van der Waals surface area (Å²) in [5, 5.41) is 8.89. The van der Waals surface area contributed by atoms with Crippen LogP contribution in [0.4, 0.5) is 0 Å². The number of rotatable bonds is 38. The summed E-state index contributed by atoms with van der Waals surface area (Å²) in [7, 11) is -4.63. The highest BCUT2D eigenvalue weighted by Gasteiger charge is 2.27. The summed E-state index contributed by atoms with van der Waals surface area (Å²) < 4.78 is 33.3. The maximum atomic E-state index is 12.6. The van der Waals surface area contributed by atoms with Crippen LogP contribution < -0.4 is 5.73 Å². The van der Waals surface area contributed by atoms with Gasteiger partial charge >= 0.3 is 19.8 Å². The molecule has 55 heavy (non-hydrogen) atoms. The number of hydrogen-bond donors (Lipinski definition) is 3. The Hall–Kier alpha value is -2.85. The molecule has 0 aromatic heterocycles. The first-order valence-corrected chi connectivity index (χ1v) is 22.1. The average molecular weight is 792 g/mol. The number of phosphoric acid groups is 1. The number of phosphoric ester groups is 1. The summed E-state index contributed by atoms with van der Waals surface area (Å²) in [4.78, 5) is 33.5. The van der Waals surface area contributed by atoms with E-state index >= 15 is 0 Å². The van der Waals surface area contributed by atoms with Crippen molar-refractivity contribution in [1.82, 2.24) is 0 Å². The van der Waals surface area contributed by atoms with Crippen LogP contribution >= 0.6 is 7.82 Å². The Morgan fingerprint density at radius 1 is 0.582 bits per heavy atom. The third-order valence-electron chi connectivity index (χ3n) is 8.17. The molecule has 3 atom stereocenters. The molecule has 4 N–H and O–H groups in total. The summed E-state index contributed by atoms with van der Waals surface area (Å²) >= 11 is 0. The van der Waals surface area contributed by atoms with Crippen LogP contribution in [0.3, 0.4) is 0 Å². The zero-order chi connectivity index (χ0) is 40.5. The highest BCUT2D eigenvalue weighted by molar-refractivity contribution is 7.47. The van der Waals surface area contributed by atoms with Gasteiger partial charge in [0.15, 0.2) is 0 Å². The molecule has 0 aliphatic carbocycles. The van der Waals surface area contributed by atoms with Gasteiger partial charge in [0.05, 0.1) is 19.8 Å². The predicted octanol–water partition coefficient (Wildman–Crippen LogP) is 11.2. The Bertz CT molecular complexity index is 1190. The Morgan fingerprint density at radius 3 is 1.49 bits per heavy atom. The molecule has 0 fully saturated rings. The van der Waals surface area contributed by atoms with Crippen molar-refractivity contribution in [2.45, 2.75) is 154 Å². The van der Waals surface area contributed by atoms with E-state index in [0.29, 0.717) is 13.0 Å². The van der Waals surface area contributed by atoms with Crippen LogP contribution in [-0.4, -0.2) is 60.5 Å². The molecule has 10 nitrogen and oxygen atoms in total. The lowest BCUT2D eigenvalue weighted by Crippen LogP contribution is -2.34. The van der Waals surface area contributed by atoms with Crippen molar-refractivity contribution < 1.29 is 42.7 Å². The number of carboxylic acid groups (broad SMARTS) is 1. The van der Waals surface area contributed by atoms with Crippen LogP contribution in [-0.2, 0) is 32.7 Å². The number of hydrogen-bond acceptors (Lipinski definition) is 8. The highest BCUT2D eigenvalue weighted by Crippen LogP contribution is 2.43. The molecule has 0 saturated heterocycles. The highest BCUT2D eigenvalue weighted by atomic mass is 31.2. The quantitative estimate of drug-likeness (QED) is 0.0238. The summed E-state index contributed by atoms with van der Waals surface area (Å²) in [6.07, 6.45) is 49.2. The molecule has 0 heterocycles. The lowest BCUT2D eigenvalue weighted by Gasteiger charge is -2.20. The molecule has 0 amide bonds. The van der Waals surface area contributed by atoms with Gasteiger partial charge in [0.2, 0.25) is 0 Å². The minimum atomic E-state index is -4.63. The van der Waals surface area contributed by atoms with Crippen LogP contribution in [0.15, 0.2) is 85.1 Å². The van der Waals surface area contributed by atoms with Crippen LogP contribution in [0, 0.1) is 0 Å². The van der Waals surface area contributed by atoms with E-state index in [4.69, 9.17) is 29.4 Å². The Morgan fingerprint density at radius 2 is 1.00 bits per heavy atom. The number of allylic oxidation sites excluding steroid dienone is 14. The van der Waals surface area contributed by atoms with Gasteiger partial charge in [0.1, 0.15) is 12.1 Å². The van der Waals surface area contributed by atoms with Gasteiger partial charge in [-0.15, -0.1) is 0 Å². The summed E-state index contributed by atoms with van der Waals surface area (Å²) in [5.41, 5.74) is 5.35. The molecule has 3 unspecified atom stereocenters. The fourth-order valence-electron chi connectivity index (χ4n) is 5.02. The van der Waals surface area contributed by atoms with Crippen molar-refractivity contribution in [3.8, 4) is 0 Å². The predicted molar refractivity (Wildman–Crippen MR) is 226 cm³/mol. The largest absolute Gasteiger partial charge is 0.480 e. The van der Waals surface area contributed by atoms with E-state index in [9.17, 15) is 19.0 Å². The Kier molecular flexibility index (Phi) is 37.3. The normalized spacial score (nSPS) is 14.8. The molecule has 0 aromatic rings. The number of esters is 1. The minimum absolute atomic E-state index is 0.0141. The van der Waals surface area contributed by atoms with Gasteiger partial charge in [-0.1, -0.05) is 137 Å². The lowest BCUT2D eigenvalue weighted by atomic mass is 10.1. The number of ether oxygens (including phenoxy) is 2. The topological polar surface area (TPSA) is 155 Å². The molecule has 0 spiro atoms. The molecule has 0 aliphatic heterocycles. The van der Waals surface area contributed by atoms with Crippen molar-refractivity contribution in [3.63, 3.8) is 0 Å². The average Bonchev–Trinajstić information content (AvgIpc) is 3.16. The minimum Gasteiger partial charge on any atom is -0.480 e. The Balaban J connectivity index is 4.36. The second kappa shape index (κ2) is 39.4. The molecule has 0 aliphatic rings. The maximum Gasteiger partial charge on any atom is 0.472 e. The van der Waals surface area contributed by atoms with Gasteiger partial charge < -0.3 is 25.2 Å². The first kappa shape index (κ1) is 52.2. The summed E-state index contributed by atoms with van der Waals surface area (Å²) in [6, 6.07) is -1.48. The van der Waals surface area contributed by atoms with E-state index < -0.39 is 45.1 Å². The molecule has 0 aromatic carbocycles. The van der Waals surface area contributed by atoms with E-state index in [-0.39, 0.29) is 13.0 Å². The second-order valence-electron chi connectivity index (χ2n) is 13.3. The molecular formula is C44H74NO9P. The number of carbonyl (C=O) groups excluding carboxylic acids is 1. The van der Waals surface area contributed by atoms with Gasteiger partial charge in [-0.2, -0.15) is 0 Å². The molecule has 11 heteroatoms. The van der Waals surface area contributed by atoms with E-state index in [1.807, 2.05) is 0 Å². The fraction of sp³-hybridized carbons (Fsp3) is 0.636. The van der Waals surface area contributed by atoms with Crippen molar-refractivity contribution in [3.05, 3.63) is 85.1 Å². The van der Waals surface area contributed by atoms with Crippen LogP contribution in [0.1, 0.15) is 142 Å². The van der Waals surface area contributed by atoms with Crippen LogP contribution in [0.2, 0.25) is 0 Å². The van der Waals surface area contributed by atoms with E-state index in [0.717, 1.165) is 96.3 Å². The maximum absolute atomic E-state index is 12.6. The molecule has 0 rings (SSSR count). The summed E-state index contributed by atoms with van der Waals surface area (Å²) in [5.74, 6) is -1.81. The van der Waals surface area contributed by atoms with Crippen molar-refractivity contribution in [2.75, 3.05) is 26.4 Å². The van der Waals surface area contributed by atoms with Gasteiger partial charge in [-0.3, -0.25) is 18.6 Å². The molecule has 314 valence electrons. The first-order chi connectivity index (χ1) is 26.7. The number of nitrogens with two attached hydrogens (primary N) is 1. The Labute approximate surface area is 333 Å². The van der Waals surface area contributed by atoms with Crippen LogP contribution in [0.25, 0.3) is 0 Å². The van der Waals surface area contributed by atoms with E-state index in [1.165, 1.54) is 19.3 Å². The standard InChI is InChI=1S/C44H74NO9P/c1-3-5-7-9-11-13-15-17-19-21-22-24-26-28-30-32-34-36-43(46)54-41(39-52-55(49,50)53-40-42(45)44(47)48)38-51-37-35-33-31-29-27-25-23-20-18-16-14-12-10-8-6-4-2/h5-8,11-14,17-20,25,27,41-42H,3-4,9-10,15-16,21-24,26,28-40,45H2,1-2H3,(H,47,48)(H,49,50)/b7-5-,8-6-,13-11-,14-12-,19-17-,20-18-,27-25-. The van der Waals surface area contributed by atoms with Gasteiger partial charge in [0.25, 0.3) is 0 Å². The SMILES string of the molecule is CC/C=C\C/C=C\C/C=C\C/C=C\CCCCCOCC(COP(=O)(O)OCC(N)C(=O)O)OC(=O)CCCCCCCCC/C=C\C/C=C\C/C=C\CC. The third-order valence-corrected chi connectivity index (χ3v) is 9.12. The van der Waals surface area contributed by atoms with E-state index in [2.05, 4.69) is 98.9 Å². The van der Waals surface area contributed by atoms with Crippen molar-refractivity contribution in [2.24, 2.45) is 5.73 Å². The van der Waals surface area contributed by atoms with Gasteiger partial charge in [-0.05, 0) is 83.5 Å². The van der Waals surface area contributed by atoms with Gasteiger partial charge in [0, 0.05) is 13.0 Å². The van der Waals surface area contributed by atoms with Gasteiger partial charge in [-0.25, -0.2) is 4.57 Å². The second-order valence-corrected chi connectivity index (χ2v) is 14.8. The molecule has 0 bridgehead atoms. The zero-order valence-electron chi connectivity index (χ0n) is 34.0. The van der Waals surface area contributed by atoms with E-state index in [1.54, 1.807) is 0 Å². The lowest BCUT2D eigenvalue weighted by molar-refractivity contribution is -0.154. The molecule has 0 saturated carbocycles. The zero-order valence-corrected chi connectivity index (χ0v) is 34.9. The third kappa shape index (κ3) is 39.2. The van der Waals surface area contributed by atoms with Crippen LogP contribution in [0.5, 0.6) is 0 Å². The van der Waals surface area contributed by atoms with Crippen molar-refractivity contribution >= 4 is 19.8 Å². The molecular weight excluding hydrogens is 717 g/mol. The number of carboxylic acids is 1. The summed E-state index contributed by atoms with van der Waals surface area (Å²) in [6.45, 7) is 3.54. The fourth-order valence-corrected chi connectivity index (χ4v) is 5.80. The smallest absolute Gasteiger partial charge is 0.472 e. The number of aliphatic carboxylic acids is 1.